The Kier molecular flexibility index (Phi) is 4.68. The van der Waals surface area contributed by atoms with Gasteiger partial charge in [0.25, 0.3) is 0 Å². The number of carbonyl (C=O) groups is 1. The quantitative estimate of drug-likeness (QED) is 0.654. The van der Waals surface area contributed by atoms with Crippen molar-refractivity contribution in [2.24, 2.45) is 58.2 Å². The van der Waals surface area contributed by atoms with Gasteiger partial charge in [0.15, 0.2) is 0 Å². The second kappa shape index (κ2) is 6.69. The van der Waals surface area contributed by atoms with Gasteiger partial charge in [-0.1, -0.05) is 20.8 Å². The molecule has 5 fully saturated rings. The van der Waals surface area contributed by atoms with E-state index in [-0.39, 0.29) is 29.0 Å². The predicted octanol–water partition coefficient (Wildman–Crippen LogP) is 4.33. The van der Waals surface area contributed by atoms with Gasteiger partial charge in [0, 0.05) is 0 Å². The average molecular weight is 405 g/mol. The number of carboxylic acids is 1. The van der Waals surface area contributed by atoms with Gasteiger partial charge in [0.1, 0.15) is 0 Å². The molecule has 0 amide bonds. The number of aliphatic carboxylic acids is 1. The van der Waals surface area contributed by atoms with E-state index in [1.54, 1.807) is 0 Å². The molecule has 0 aromatic rings. The summed E-state index contributed by atoms with van der Waals surface area (Å²) in [5, 5.41) is 30.9. The van der Waals surface area contributed by atoms with Crippen LogP contribution in [0.25, 0.3) is 0 Å². The van der Waals surface area contributed by atoms with Crippen molar-refractivity contribution in [2.45, 2.75) is 90.8 Å². The molecule has 0 aromatic heterocycles. The number of rotatable bonds is 3. The lowest BCUT2D eigenvalue weighted by Gasteiger charge is -2.62. The van der Waals surface area contributed by atoms with Crippen LogP contribution in [0.4, 0.5) is 0 Å². The summed E-state index contributed by atoms with van der Waals surface area (Å²) < 4.78 is 0. The van der Waals surface area contributed by atoms with E-state index in [4.69, 9.17) is 0 Å². The van der Waals surface area contributed by atoms with Crippen LogP contribution in [0.5, 0.6) is 0 Å². The molecule has 29 heavy (non-hydrogen) atoms. The number of fused-ring (bicyclic) bond motifs is 5. The van der Waals surface area contributed by atoms with E-state index in [1.807, 2.05) is 0 Å². The first-order valence-electron chi connectivity index (χ1n) is 12.3. The minimum atomic E-state index is -0.605. The molecule has 12 atom stereocenters. The third-order valence-electron chi connectivity index (χ3n) is 11.2. The third kappa shape index (κ3) is 2.87. The van der Waals surface area contributed by atoms with E-state index in [1.165, 1.54) is 25.7 Å². The molecule has 0 heterocycles. The lowest BCUT2D eigenvalue weighted by Crippen LogP contribution is -2.58. The van der Waals surface area contributed by atoms with E-state index >= 15 is 0 Å². The van der Waals surface area contributed by atoms with Gasteiger partial charge in [-0.15, -0.1) is 0 Å². The summed E-state index contributed by atoms with van der Waals surface area (Å²) in [6.07, 6.45) is 9.08. The number of carboxylic acid groups (broad SMARTS) is 1. The molecule has 3 N–H and O–H groups in total. The van der Waals surface area contributed by atoms with Crippen LogP contribution in [0.2, 0.25) is 0 Å². The molecule has 164 valence electrons. The van der Waals surface area contributed by atoms with Crippen molar-refractivity contribution in [2.75, 3.05) is 0 Å². The first-order chi connectivity index (χ1) is 13.7. The van der Waals surface area contributed by atoms with E-state index in [0.717, 1.165) is 32.1 Å². The van der Waals surface area contributed by atoms with Crippen LogP contribution in [0.15, 0.2) is 0 Å². The van der Waals surface area contributed by atoms with Crippen molar-refractivity contribution in [1.29, 1.82) is 0 Å². The van der Waals surface area contributed by atoms with Crippen molar-refractivity contribution >= 4 is 5.97 Å². The highest BCUT2D eigenvalue weighted by atomic mass is 16.4. The fraction of sp³-hybridized carbons (Fsp3) is 0.960. The maximum atomic E-state index is 11.4. The fourth-order valence-electron chi connectivity index (χ4n) is 9.48. The second-order valence-corrected chi connectivity index (χ2v) is 12.2. The smallest absolute Gasteiger partial charge is 0.306 e. The van der Waals surface area contributed by atoms with Crippen LogP contribution in [0.3, 0.4) is 0 Å². The minimum Gasteiger partial charge on any atom is -0.481 e. The first kappa shape index (κ1) is 20.3. The Morgan fingerprint density at radius 2 is 1.62 bits per heavy atom. The molecule has 0 aliphatic heterocycles. The maximum absolute atomic E-state index is 11.4. The van der Waals surface area contributed by atoms with Gasteiger partial charge >= 0.3 is 5.97 Å². The Labute approximate surface area is 175 Å². The molecular weight excluding hydrogens is 364 g/mol. The Hall–Kier alpha value is -0.610. The topological polar surface area (TPSA) is 77.8 Å². The first-order valence-corrected chi connectivity index (χ1v) is 12.3. The molecule has 0 radical (unpaired) electrons. The summed E-state index contributed by atoms with van der Waals surface area (Å²) in [4.78, 5) is 11.4. The van der Waals surface area contributed by atoms with E-state index in [9.17, 15) is 20.1 Å². The highest BCUT2D eigenvalue weighted by molar-refractivity contribution is 5.73. The van der Waals surface area contributed by atoms with Gasteiger partial charge in [-0.05, 0) is 110 Å². The minimum absolute atomic E-state index is 0.113. The summed E-state index contributed by atoms with van der Waals surface area (Å²) in [6.45, 7) is 7.26. The largest absolute Gasteiger partial charge is 0.481 e. The molecule has 4 nitrogen and oxygen atoms in total. The average Bonchev–Trinajstić information content (AvgIpc) is 3.39. The zero-order valence-corrected chi connectivity index (χ0v) is 18.4. The summed E-state index contributed by atoms with van der Waals surface area (Å²) in [5.41, 5.74) is 0.531. The molecule has 5 rings (SSSR count). The molecule has 4 heteroatoms. The molecule has 0 spiro atoms. The van der Waals surface area contributed by atoms with E-state index in [2.05, 4.69) is 20.8 Å². The second-order valence-electron chi connectivity index (χ2n) is 12.2. The van der Waals surface area contributed by atoms with Crippen molar-refractivity contribution in [3.8, 4) is 0 Å². The lowest BCUT2D eigenvalue weighted by molar-refractivity contribution is -0.174. The Morgan fingerprint density at radius 3 is 2.31 bits per heavy atom. The molecule has 0 bridgehead atoms. The van der Waals surface area contributed by atoms with Crippen LogP contribution in [0, 0.1) is 58.2 Å². The van der Waals surface area contributed by atoms with Crippen LogP contribution >= 0.6 is 0 Å². The highest BCUT2D eigenvalue weighted by Crippen LogP contribution is 2.69. The SMILES string of the molecule is C[C@H]([C@@H]1CC1C(=O)O)[C@H]1CCC2C3C(CC[C@@]21C)[C@@]1(C)CC[C@@H](O)C[C@H]1C[C@H]3O. The number of hydrogen-bond donors (Lipinski definition) is 3. The number of aliphatic hydroxyl groups excluding tert-OH is 2. The Balaban J connectivity index is 1.39. The van der Waals surface area contributed by atoms with Gasteiger partial charge < -0.3 is 15.3 Å². The van der Waals surface area contributed by atoms with E-state index < -0.39 is 5.97 Å². The van der Waals surface area contributed by atoms with Crippen LogP contribution in [-0.2, 0) is 4.79 Å². The van der Waals surface area contributed by atoms with Gasteiger partial charge in [0.05, 0.1) is 18.1 Å². The van der Waals surface area contributed by atoms with Crippen LogP contribution in [0.1, 0.15) is 78.6 Å². The fourth-order valence-corrected chi connectivity index (χ4v) is 9.48. The van der Waals surface area contributed by atoms with Gasteiger partial charge in [-0.25, -0.2) is 0 Å². The number of hydrogen-bond acceptors (Lipinski definition) is 3. The van der Waals surface area contributed by atoms with Gasteiger partial charge in [-0.3, -0.25) is 4.79 Å². The zero-order chi connectivity index (χ0) is 20.7. The molecular formula is C25H40O4. The highest BCUT2D eigenvalue weighted by Gasteiger charge is 2.64. The Morgan fingerprint density at radius 1 is 0.931 bits per heavy atom. The maximum Gasteiger partial charge on any atom is 0.306 e. The summed E-state index contributed by atoms with van der Waals surface area (Å²) in [5.74, 6) is 2.76. The zero-order valence-electron chi connectivity index (χ0n) is 18.4. The standard InChI is InChI=1S/C25H40O4/c1-13(16-12-17(16)23(28)29)18-4-5-19-22-20(7-9-25(18,19)3)24(2)8-6-15(26)10-14(24)11-21(22)27/h13-22,26-27H,4-12H2,1-3H3,(H,28,29)/t13-,14+,15-,16+,17?,18-,19?,20?,21-,22?,24+,25-/m1/s1. The van der Waals surface area contributed by atoms with E-state index in [0.29, 0.717) is 41.4 Å². The molecule has 0 saturated heterocycles. The molecule has 5 saturated carbocycles. The van der Waals surface area contributed by atoms with Crippen molar-refractivity contribution in [1.82, 2.24) is 0 Å². The van der Waals surface area contributed by atoms with Gasteiger partial charge in [-0.2, -0.15) is 0 Å². The summed E-state index contributed by atoms with van der Waals surface area (Å²) >= 11 is 0. The lowest BCUT2D eigenvalue weighted by atomic mass is 9.43. The van der Waals surface area contributed by atoms with Crippen molar-refractivity contribution in [3.63, 3.8) is 0 Å². The summed E-state index contributed by atoms with van der Waals surface area (Å²) in [7, 11) is 0. The number of aliphatic hydroxyl groups is 2. The molecule has 5 aliphatic carbocycles. The Bertz CT molecular complexity index is 678. The monoisotopic (exact) mass is 404 g/mol. The summed E-state index contributed by atoms with van der Waals surface area (Å²) in [6, 6.07) is 0. The normalized spacial score (nSPS) is 57.3. The van der Waals surface area contributed by atoms with Crippen molar-refractivity contribution in [3.05, 3.63) is 0 Å². The molecule has 4 unspecified atom stereocenters. The van der Waals surface area contributed by atoms with Crippen LogP contribution in [-0.4, -0.2) is 33.5 Å². The third-order valence-corrected chi connectivity index (χ3v) is 11.2. The molecule has 5 aliphatic rings. The van der Waals surface area contributed by atoms with Crippen LogP contribution < -0.4 is 0 Å². The van der Waals surface area contributed by atoms with Crippen molar-refractivity contribution < 1.29 is 20.1 Å². The van der Waals surface area contributed by atoms with Gasteiger partial charge in [0.2, 0.25) is 0 Å². The predicted molar refractivity (Wildman–Crippen MR) is 111 cm³/mol. The molecule has 0 aromatic carbocycles.